The number of likely N-dealkylation sites (N-methyl/N-ethyl adjacent to an activating group) is 1. The molecule has 1 aromatic heterocycles. The molecule has 1 aliphatic heterocycles. The summed E-state index contributed by atoms with van der Waals surface area (Å²) in [5, 5.41) is 0. The van der Waals surface area contributed by atoms with Crippen molar-refractivity contribution in [2.24, 2.45) is 0 Å². The molecule has 1 saturated carbocycles. The van der Waals surface area contributed by atoms with Crippen LogP contribution in [-0.2, 0) is 4.74 Å². The molecule has 0 amide bonds. The lowest BCUT2D eigenvalue weighted by atomic mass is 10.2. The van der Waals surface area contributed by atoms with Crippen LogP contribution in [0.25, 0.3) is 0 Å². The van der Waals surface area contributed by atoms with Crippen LogP contribution in [0.15, 0.2) is 12.4 Å². The highest BCUT2D eigenvalue weighted by Crippen LogP contribution is 2.30. The van der Waals surface area contributed by atoms with E-state index in [1.807, 2.05) is 0 Å². The molecule has 0 aromatic carbocycles. The first-order valence-electron chi connectivity index (χ1n) is 7.06. The van der Waals surface area contributed by atoms with Crippen molar-refractivity contribution >= 4 is 11.8 Å². The molecule has 0 spiro atoms. The Labute approximate surface area is 118 Å². The molecule has 1 atom stereocenters. The van der Waals surface area contributed by atoms with Gasteiger partial charge in [-0.3, -0.25) is 4.90 Å². The summed E-state index contributed by atoms with van der Waals surface area (Å²) in [6.45, 7) is 1.98. The average molecular weight is 276 g/mol. The smallest absolute Gasteiger partial charge is 0.358 e. The van der Waals surface area contributed by atoms with Crippen LogP contribution in [0.3, 0.4) is 0 Å². The molecule has 6 heteroatoms. The molecule has 2 heterocycles. The summed E-state index contributed by atoms with van der Waals surface area (Å²) < 4.78 is 4.62. The molecule has 1 unspecified atom stereocenters. The van der Waals surface area contributed by atoms with Gasteiger partial charge in [-0.1, -0.05) is 0 Å². The lowest BCUT2D eigenvalue weighted by Gasteiger charge is -2.24. The van der Waals surface area contributed by atoms with Gasteiger partial charge in [0.1, 0.15) is 5.82 Å². The third kappa shape index (κ3) is 2.60. The maximum Gasteiger partial charge on any atom is 0.358 e. The van der Waals surface area contributed by atoms with Crippen LogP contribution in [0, 0.1) is 0 Å². The summed E-state index contributed by atoms with van der Waals surface area (Å²) in [5.74, 6) is 0.390. The summed E-state index contributed by atoms with van der Waals surface area (Å²) in [6.07, 6.45) is 6.97. The second-order valence-corrected chi connectivity index (χ2v) is 5.54. The van der Waals surface area contributed by atoms with Gasteiger partial charge in [0.2, 0.25) is 0 Å². The van der Waals surface area contributed by atoms with E-state index >= 15 is 0 Å². The lowest BCUT2D eigenvalue weighted by molar-refractivity contribution is 0.0593. The van der Waals surface area contributed by atoms with E-state index in [-0.39, 0.29) is 5.69 Å². The van der Waals surface area contributed by atoms with Crippen molar-refractivity contribution < 1.29 is 9.53 Å². The van der Waals surface area contributed by atoms with Gasteiger partial charge in [0.25, 0.3) is 0 Å². The fourth-order valence-corrected chi connectivity index (χ4v) is 2.76. The molecule has 1 saturated heterocycles. The van der Waals surface area contributed by atoms with Gasteiger partial charge in [-0.2, -0.15) is 0 Å². The topological polar surface area (TPSA) is 58.6 Å². The Morgan fingerprint density at radius 2 is 2.10 bits per heavy atom. The minimum Gasteiger partial charge on any atom is -0.464 e. The maximum atomic E-state index is 11.3. The number of methoxy groups -OCH3 is 1. The first-order valence-corrected chi connectivity index (χ1v) is 7.06. The van der Waals surface area contributed by atoms with Crippen LogP contribution >= 0.6 is 0 Å². The molecule has 1 aliphatic carbocycles. The standard InChI is InChI=1S/C14H20N4O2/c1-17(10-3-4-10)11-5-6-18(9-11)13-8-15-12(7-16-13)14(19)20-2/h7-8,10-11H,3-6,9H2,1-2H3. The van der Waals surface area contributed by atoms with Gasteiger partial charge in [0.05, 0.1) is 19.5 Å². The van der Waals surface area contributed by atoms with Gasteiger partial charge >= 0.3 is 5.97 Å². The fourth-order valence-electron chi connectivity index (χ4n) is 2.76. The van der Waals surface area contributed by atoms with Crippen LogP contribution in [0.4, 0.5) is 5.82 Å². The minimum atomic E-state index is -0.447. The molecule has 6 nitrogen and oxygen atoms in total. The molecule has 108 valence electrons. The molecule has 2 aliphatic rings. The zero-order valence-corrected chi connectivity index (χ0v) is 12.0. The number of carbonyl (C=O) groups excluding carboxylic acids is 1. The molecule has 1 aromatic rings. The van der Waals surface area contributed by atoms with E-state index in [1.165, 1.54) is 26.1 Å². The maximum absolute atomic E-state index is 11.3. The second kappa shape index (κ2) is 5.36. The van der Waals surface area contributed by atoms with E-state index in [0.29, 0.717) is 6.04 Å². The van der Waals surface area contributed by atoms with Crippen molar-refractivity contribution in [1.82, 2.24) is 14.9 Å². The fraction of sp³-hybridized carbons (Fsp3) is 0.643. The highest BCUT2D eigenvalue weighted by Gasteiger charge is 2.35. The second-order valence-electron chi connectivity index (χ2n) is 5.54. The molecule has 2 fully saturated rings. The number of esters is 1. The normalized spacial score (nSPS) is 22.4. The first-order chi connectivity index (χ1) is 9.69. The van der Waals surface area contributed by atoms with Crippen molar-refractivity contribution in [1.29, 1.82) is 0 Å². The molecule has 0 N–H and O–H groups in total. The largest absolute Gasteiger partial charge is 0.464 e. The summed E-state index contributed by atoms with van der Waals surface area (Å²) in [6, 6.07) is 1.39. The predicted molar refractivity (Wildman–Crippen MR) is 74.8 cm³/mol. The van der Waals surface area contributed by atoms with E-state index in [4.69, 9.17) is 0 Å². The van der Waals surface area contributed by atoms with Gasteiger partial charge in [-0.05, 0) is 26.3 Å². The van der Waals surface area contributed by atoms with Gasteiger partial charge in [0, 0.05) is 25.2 Å². The minimum absolute atomic E-state index is 0.252. The number of ether oxygens (including phenoxy) is 1. The average Bonchev–Trinajstić information content (AvgIpc) is 3.23. The zero-order valence-electron chi connectivity index (χ0n) is 12.0. The number of hydrogen-bond donors (Lipinski definition) is 0. The van der Waals surface area contributed by atoms with Crippen molar-refractivity contribution in [3.8, 4) is 0 Å². The van der Waals surface area contributed by atoms with Crippen LogP contribution < -0.4 is 4.90 Å². The van der Waals surface area contributed by atoms with E-state index in [1.54, 1.807) is 6.20 Å². The third-order valence-corrected chi connectivity index (χ3v) is 4.22. The third-order valence-electron chi connectivity index (χ3n) is 4.22. The summed E-state index contributed by atoms with van der Waals surface area (Å²) >= 11 is 0. The van der Waals surface area contributed by atoms with Crippen LogP contribution in [0.1, 0.15) is 29.8 Å². The molecular weight excluding hydrogens is 256 g/mol. The summed E-state index contributed by atoms with van der Waals surface area (Å²) in [4.78, 5) is 24.5. The van der Waals surface area contributed by atoms with Gasteiger partial charge in [-0.15, -0.1) is 0 Å². The molecule has 20 heavy (non-hydrogen) atoms. The van der Waals surface area contributed by atoms with Crippen LogP contribution in [0.2, 0.25) is 0 Å². The molecule has 0 bridgehead atoms. The Kier molecular flexibility index (Phi) is 3.56. The van der Waals surface area contributed by atoms with E-state index < -0.39 is 5.97 Å². The number of rotatable bonds is 4. The van der Waals surface area contributed by atoms with Crippen LogP contribution in [0.5, 0.6) is 0 Å². The summed E-state index contributed by atoms with van der Waals surface area (Å²) in [7, 11) is 3.56. The monoisotopic (exact) mass is 276 g/mol. The van der Waals surface area contributed by atoms with E-state index in [0.717, 1.165) is 31.4 Å². The van der Waals surface area contributed by atoms with E-state index in [2.05, 4.69) is 31.6 Å². The Morgan fingerprint density at radius 1 is 1.30 bits per heavy atom. The van der Waals surface area contributed by atoms with Gasteiger partial charge in [-0.25, -0.2) is 14.8 Å². The quantitative estimate of drug-likeness (QED) is 0.763. The van der Waals surface area contributed by atoms with Crippen molar-refractivity contribution in [2.75, 3.05) is 32.1 Å². The number of nitrogens with zero attached hydrogens (tertiary/aromatic N) is 4. The Morgan fingerprint density at radius 3 is 2.70 bits per heavy atom. The highest BCUT2D eigenvalue weighted by atomic mass is 16.5. The number of carbonyl (C=O) groups is 1. The Bertz CT molecular complexity index is 486. The molecule has 0 radical (unpaired) electrons. The Hall–Kier alpha value is -1.69. The SMILES string of the molecule is COC(=O)c1cnc(N2CCC(N(C)C3CC3)C2)cn1. The molecule has 3 rings (SSSR count). The van der Waals surface area contributed by atoms with Crippen LogP contribution in [-0.4, -0.2) is 60.2 Å². The molecular formula is C14H20N4O2. The van der Waals surface area contributed by atoms with Gasteiger partial charge < -0.3 is 9.64 Å². The number of hydrogen-bond acceptors (Lipinski definition) is 6. The van der Waals surface area contributed by atoms with E-state index in [9.17, 15) is 4.79 Å². The highest BCUT2D eigenvalue weighted by molar-refractivity contribution is 5.86. The summed E-state index contributed by atoms with van der Waals surface area (Å²) in [5.41, 5.74) is 0.252. The van der Waals surface area contributed by atoms with Crippen molar-refractivity contribution in [2.45, 2.75) is 31.3 Å². The zero-order chi connectivity index (χ0) is 14.1. The first kappa shape index (κ1) is 13.3. The van der Waals surface area contributed by atoms with Gasteiger partial charge in [0.15, 0.2) is 5.69 Å². The number of aromatic nitrogens is 2. The van der Waals surface area contributed by atoms with Crippen molar-refractivity contribution in [3.63, 3.8) is 0 Å². The van der Waals surface area contributed by atoms with Crippen molar-refractivity contribution in [3.05, 3.63) is 18.1 Å². The predicted octanol–water partition coefficient (Wildman–Crippen LogP) is 0.936. The Balaban J connectivity index is 1.63. The lowest BCUT2D eigenvalue weighted by Crippen LogP contribution is -2.36. The number of anilines is 1.